The maximum atomic E-state index is 13.5. The van der Waals surface area contributed by atoms with Crippen molar-refractivity contribution in [2.75, 3.05) is 0 Å². The lowest BCUT2D eigenvalue weighted by atomic mass is 10.1. The van der Waals surface area contributed by atoms with Crippen LogP contribution in [-0.2, 0) is 26.6 Å². The number of pyridine rings is 1. The summed E-state index contributed by atoms with van der Waals surface area (Å²) in [5, 5.41) is 1.03. The Bertz CT molecular complexity index is 1370. The second-order valence-electron chi connectivity index (χ2n) is 6.71. The molecule has 0 amide bonds. The maximum absolute atomic E-state index is 13.5. The van der Waals surface area contributed by atoms with Crippen LogP contribution in [0, 0.1) is 0 Å². The van der Waals surface area contributed by atoms with Crippen molar-refractivity contribution in [1.29, 1.82) is 0 Å². The van der Waals surface area contributed by atoms with Crippen molar-refractivity contribution in [2.45, 2.75) is 16.3 Å². The molecule has 4 aromatic rings. The van der Waals surface area contributed by atoms with Crippen molar-refractivity contribution in [3.05, 3.63) is 102 Å². The van der Waals surface area contributed by atoms with E-state index in [1.807, 2.05) is 0 Å². The highest BCUT2D eigenvalue weighted by Gasteiger charge is 2.37. The van der Waals surface area contributed by atoms with Gasteiger partial charge in [-0.25, -0.2) is 16.8 Å². The quantitative estimate of drug-likeness (QED) is 0.413. The van der Waals surface area contributed by atoms with Gasteiger partial charge in [-0.05, 0) is 48.0 Å². The third kappa shape index (κ3) is 4.20. The van der Waals surface area contributed by atoms with E-state index in [1.165, 1.54) is 54.6 Å². The molecular weight excluding hydrogens is 456 g/mol. The Labute approximate surface area is 185 Å². The molecular formula is C22H17ClN2O4S2. The molecule has 6 nitrogen and oxygen atoms in total. The van der Waals surface area contributed by atoms with Crippen LogP contribution >= 0.6 is 11.6 Å². The predicted molar refractivity (Wildman–Crippen MR) is 120 cm³/mol. The molecule has 0 radical (unpaired) electrons. The molecule has 0 atom stereocenters. The van der Waals surface area contributed by atoms with Crippen molar-refractivity contribution >= 4 is 42.6 Å². The molecule has 0 N–H and O–H groups in total. The number of nitrogens with zero attached hydrogens (tertiary/aromatic N) is 2. The van der Waals surface area contributed by atoms with E-state index >= 15 is 0 Å². The summed E-state index contributed by atoms with van der Waals surface area (Å²) >= 11 is 6.22. The third-order valence-electron chi connectivity index (χ3n) is 4.67. The van der Waals surface area contributed by atoms with Crippen molar-refractivity contribution in [2.24, 2.45) is 0 Å². The lowest BCUT2D eigenvalue weighted by Crippen LogP contribution is -2.36. The Hall–Kier alpha value is -2.78. The Balaban J connectivity index is 1.93. The minimum absolute atomic E-state index is 0.131. The topological polar surface area (TPSA) is 84.4 Å². The van der Waals surface area contributed by atoms with Crippen LogP contribution in [0.4, 0.5) is 0 Å². The molecule has 158 valence electrons. The first-order valence-corrected chi connectivity index (χ1v) is 12.5. The molecule has 0 aliphatic carbocycles. The average molecular weight is 473 g/mol. The molecule has 1 aromatic heterocycles. The lowest BCUT2D eigenvalue weighted by molar-refractivity contribution is 0.495. The van der Waals surface area contributed by atoms with Crippen molar-refractivity contribution < 1.29 is 16.8 Å². The highest BCUT2D eigenvalue weighted by Crippen LogP contribution is 2.30. The molecule has 1 heterocycles. The van der Waals surface area contributed by atoms with Gasteiger partial charge in [-0.3, -0.25) is 4.98 Å². The smallest absolute Gasteiger partial charge is 0.256 e. The van der Waals surface area contributed by atoms with Gasteiger partial charge >= 0.3 is 0 Å². The summed E-state index contributed by atoms with van der Waals surface area (Å²) in [6.45, 7) is -0.456. The van der Waals surface area contributed by atoms with E-state index in [4.69, 9.17) is 11.6 Å². The van der Waals surface area contributed by atoms with Gasteiger partial charge in [-0.15, -0.1) is 0 Å². The highest BCUT2D eigenvalue weighted by molar-refractivity contribution is 8.04. The number of benzene rings is 3. The molecule has 0 aliphatic rings. The SMILES string of the molecule is O=S(=O)(c1ccccc1)N(Cc1cc(Cl)cc2cccnc12)S(=O)(=O)c1ccccc1. The van der Waals surface area contributed by atoms with Crippen LogP contribution in [-0.4, -0.2) is 25.5 Å². The molecule has 4 rings (SSSR count). The number of aromatic nitrogens is 1. The standard InChI is InChI=1S/C22H17ClN2O4S2/c23-19-14-17-8-7-13-24-22(17)18(15-19)16-25(30(26,27)20-9-3-1-4-10-20)31(28,29)21-11-5-2-6-12-21/h1-15H,16H2. The zero-order valence-electron chi connectivity index (χ0n) is 16.1. The first kappa shape index (κ1) is 21.5. The summed E-state index contributed by atoms with van der Waals surface area (Å²) in [6, 6.07) is 21.6. The van der Waals surface area contributed by atoms with Gasteiger partial charge in [0.15, 0.2) is 0 Å². The van der Waals surface area contributed by atoms with E-state index in [1.54, 1.807) is 36.5 Å². The molecule has 9 heteroatoms. The molecule has 31 heavy (non-hydrogen) atoms. The lowest BCUT2D eigenvalue weighted by Gasteiger charge is -2.23. The van der Waals surface area contributed by atoms with Crippen LogP contribution in [0.3, 0.4) is 0 Å². The van der Waals surface area contributed by atoms with Crippen LogP contribution in [0.15, 0.2) is 101 Å². The average Bonchev–Trinajstić information content (AvgIpc) is 2.78. The van der Waals surface area contributed by atoms with Crippen molar-refractivity contribution in [1.82, 2.24) is 8.69 Å². The summed E-state index contributed by atoms with van der Waals surface area (Å²) in [5.74, 6) is 0. The normalized spacial score (nSPS) is 12.3. The summed E-state index contributed by atoms with van der Waals surface area (Å²) in [5.41, 5.74) is 0.852. The number of fused-ring (bicyclic) bond motifs is 1. The van der Waals surface area contributed by atoms with Gasteiger partial charge < -0.3 is 0 Å². The first-order valence-electron chi connectivity index (χ1n) is 9.21. The number of hydrogen-bond acceptors (Lipinski definition) is 5. The predicted octanol–water partition coefficient (Wildman–Crippen LogP) is 4.47. The molecule has 0 saturated carbocycles. The first-order chi connectivity index (χ1) is 14.8. The molecule has 0 unspecified atom stereocenters. The van der Waals surface area contributed by atoms with E-state index in [2.05, 4.69) is 4.98 Å². The van der Waals surface area contributed by atoms with Crippen molar-refractivity contribution in [3.8, 4) is 0 Å². The fraction of sp³-hybridized carbons (Fsp3) is 0.0455. The van der Waals surface area contributed by atoms with Gasteiger partial charge in [-0.1, -0.05) is 57.8 Å². The Morgan fingerprint density at radius 1 is 0.742 bits per heavy atom. The van der Waals surface area contributed by atoms with Gasteiger partial charge in [0, 0.05) is 16.6 Å². The molecule has 3 aromatic carbocycles. The van der Waals surface area contributed by atoms with E-state index in [9.17, 15) is 16.8 Å². The summed E-state index contributed by atoms with van der Waals surface area (Å²) in [4.78, 5) is 4.05. The van der Waals surface area contributed by atoms with Crippen LogP contribution in [0.1, 0.15) is 5.56 Å². The molecule has 0 bridgehead atoms. The van der Waals surface area contributed by atoms with Crippen LogP contribution < -0.4 is 0 Å². The van der Waals surface area contributed by atoms with Crippen LogP contribution in [0.2, 0.25) is 5.02 Å². The molecule has 0 saturated heterocycles. The monoisotopic (exact) mass is 472 g/mol. The Kier molecular flexibility index (Phi) is 5.81. The zero-order chi connectivity index (χ0) is 22.1. The fourth-order valence-electron chi connectivity index (χ4n) is 3.21. The van der Waals surface area contributed by atoms with Gasteiger partial charge in [0.2, 0.25) is 0 Å². The van der Waals surface area contributed by atoms with Crippen molar-refractivity contribution in [3.63, 3.8) is 0 Å². The number of rotatable bonds is 6. The number of sulfonamides is 2. The third-order valence-corrected chi connectivity index (χ3v) is 9.13. The summed E-state index contributed by atoms with van der Waals surface area (Å²) in [7, 11) is -8.82. The largest absolute Gasteiger partial charge is 0.256 e. The maximum Gasteiger partial charge on any atom is 0.256 e. The Morgan fingerprint density at radius 2 is 1.29 bits per heavy atom. The van der Waals surface area contributed by atoms with Gasteiger partial charge in [0.25, 0.3) is 20.0 Å². The fourth-order valence-corrected chi connectivity index (χ4v) is 7.10. The molecule has 0 aliphatic heterocycles. The minimum Gasteiger partial charge on any atom is -0.256 e. The van der Waals surface area contributed by atoms with E-state index in [0.717, 1.165) is 0 Å². The van der Waals surface area contributed by atoms with Crippen LogP contribution in [0.25, 0.3) is 10.9 Å². The zero-order valence-corrected chi connectivity index (χ0v) is 18.5. The molecule has 0 fully saturated rings. The number of halogens is 1. The van der Waals surface area contributed by atoms with Gasteiger partial charge in [-0.2, -0.15) is 0 Å². The second-order valence-corrected chi connectivity index (χ2v) is 11.1. The van der Waals surface area contributed by atoms with Gasteiger partial charge in [0.05, 0.1) is 21.9 Å². The van der Waals surface area contributed by atoms with Crippen LogP contribution in [0.5, 0.6) is 0 Å². The van der Waals surface area contributed by atoms with Gasteiger partial charge in [0.1, 0.15) is 0 Å². The minimum atomic E-state index is -4.41. The Morgan fingerprint density at radius 3 is 1.84 bits per heavy atom. The second kappa shape index (κ2) is 8.39. The van der Waals surface area contributed by atoms with E-state index in [0.29, 0.717) is 25.2 Å². The highest BCUT2D eigenvalue weighted by atomic mass is 35.5. The number of hydrogen-bond donors (Lipinski definition) is 0. The summed E-state index contributed by atoms with van der Waals surface area (Å²) < 4.78 is 54.4. The molecule has 0 spiro atoms. The van der Waals surface area contributed by atoms with E-state index in [-0.39, 0.29) is 9.79 Å². The van der Waals surface area contributed by atoms with E-state index < -0.39 is 26.6 Å². The summed E-state index contributed by atoms with van der Waals surface area (Å²) in [6.07, 6.45) is 1.56.